The van der Waals surface area contributed by atoms with Gasteiger partial charge in [0.2, 0.25) is 0 Å². The van der Waals surface area contributed by atoms with Gasteiger partial charge in [-0.15, -0.1) is 0 Å². The van der Waals surface area contributed by atoms with E-state index in [1.54, 1.807) is 18.0 Å². The van der Waals surface area contributed by atoms with E-state index in [0.29, 0.717) is 13.0 Å². The molecule has 1 aromatic rings. The van der Waals surface area contributed by atoms with Crippen LogP contribution in [0.5, 0.6) is 5.75 Å². The SMILES string of the molecule is CN1CCC(Oc2cccnc2F)C1=O. The van der Waals surface area contributed by atoms with Crippen LogP contribution in [0.4, 0.5) is 4.39 Å². The molecule has 2 heterocycles. The molecule has 1 aliphatic heterocycles. The summed E-state index contributed by atoms with van der Waals surface area (Å²) in [5, 5.41) is 0. The van der Waals surface area contributed by atoms with Crippen LogP contribution < -0.4 is 4.74 Å². The van der Waals surface area contributed by atoms with Crippen LogP contribution in [0.1, 0.15) is 6.42 Å². The van der Waals surface area contributed by atoms with Crippen molar-refractivity contribution in [2.24, 2.45) is 0 Å². The second-order valence-electron chi connectivity index (χ2n) is 3.45. The van der Waals surface area contributed by atoms with Gasteiger partial charge in [-0.3, -0.25) is 4.79 Å². The summed E-state index contributed by atoms with van der Waals surface area (Å²) in [4.78, 5) is 16.5. The molecule has 15 heavy (non-hydrogen) atoms. The van der Waals surface area contributed by atoms with E-state index in [2.05, 4.69) is 4.98 Å². The molecule has 4 nitrogen and oxygen atoms in total. The van der Waals surface area contributed by atoms with Crippen molar-refractivity contribution in [3.05, 3.63) is 24.3 Å². The molecule has 80 valence electrons. The third-order valence-corrected chi connectivity index (χ3v) is 2.37. The van der Waals surface area contributed by atoms with Gasteiger partial charge in [0.1, 0.15) is 0 Å². The maximum atomic E-state index is 13.1. The van der Waals surface area contributed by atoms with Gasteiger partial charge in [-0.2, -0.15) is 4.39 Å². The third-order valence-electron chi connectivity index (χ3n) is 2.37. The molecule has 2 rings (SSSR count). The van der Waals surface area contributed by atoms with Gasteiger partial charge >= 0.3 is 0 Å². The second kappa shape index (κ2) is 3.84. The predicted molar refractivity (Wildman–Crippen MR) is 50.9 cm³/mol. The van der Waals surface area contributed by atoms with Crippen molar-refractivity contribution in [3.63, 3.8) is 0 Å². The Balaban J connectivity index is 2.10. The Labute approximate surface area is 86.7 Å². The average molecular weight is 210 g/mol. The lowest BCUT2D eigenvalue weighted by Crippen LogP contribution is -2.29. The molecule has 1 aromatic heterocycles. The van der Waals surface area contributed by atoms with E-state index in [1.807, 2.05) is 0 Å². The second-order valence-corrected chi connectivity index (χ2v) is 3.45. The standard InChI is InChI=1S/C10H11FN2O2/c1-13-6-4-8(10(13)14)15-7-3-2-5-12-9(7)11/h2-3,5,8H,4,6H2,1H3. The number of aromatic nitrogens is 1. The molecule has 0 aromatic carbocycles. The molecule has 1 saturated heterocycles. The summed E-state index contributed by atoms with van der Waals surface area (Å²) in [5.74, 6) is -0.760. The molecule has 1 atom stereocenters. The Hall–Kier alpha value is -1.65. The Kier molecular flexibility index (Phi) is 2.53. The number of hydrogen-bond acceptors (Lipinski definition) is 3. The molecule has 1 amide bonds. The molecule has 1 fully saturated rings. The fourth-order valence-electron chi connectivity index (χ4n) is 1.51. The summed E-state index contributed by atoms with van der Waals surface area (Å²) in [6.07, 6.45) is 1.35. The molecule has 0 N–H and O–H groups in total. The summed E-state index contributed by atoms with van der Waals surface area (Å²) in [6.45, 7) is 0.644. The van der Waals surface area contributed by atoms with E-state index in [4.69, 9.17) is 4.74 Å². The predicted octanol–water partition coefficient (Wildman–Crippen LogP) is 0.830. The number of likely N-dealkylation sites (tertiary alicyclic amines) is 1. The summed E-state index contributed by atoms with van der Waals surface area (Å²) in [7, 11) is 1.70. The largest absolute Gasteiger partial charge is 0.476 e. The molecule has 0 bridgehead atoms. The van der Waals surface area contributed by atoms with Gasteiger partial charge in [0.15, 0.2) is 11.9 Å². The van der Waals surface area contributed by atoms with Crippen molar-refractivity contribution in [2.75, 3.05) is 13.6 Å². The van der Waals surface area contributed by atoms with Gasteiger partial charge in [-0.1, -0.05) is 0 Å². The van der Waals surface area contributed by atoms with Gasteiger partial charge in [0, 0.05) is 26.2 Å². The lowest BCUT2D eigenvalue weighted by atomic mass is 10.3. The first-order chi connectivity index (χ1) is 7.18. The quantitative estimate of drug-likeness (QED) is 0.679. The van der Waals surface area contributed by atoms with Gasteiger partial charge in [0.05, 0.1) is 0 Å². The zero-order valence-electron chi connectivity index (χ0n) is 8.31. The van der Waals surface area contributed by atoms with Crippen molar-refractivity contribution >= 4 is 5.91 Å². The number of pyridine rings is 1. The highest BCUT2D eigenvalue weighted by atomic mass is 19.1. The minimum absolute atomic E-state index is 0.0335. The molecule has 0 saturated carbocycles. The van der Waals surface area contributed by atoms with E-state index in [9.17, 15) is 9.18 Å². The molecule has 0 aliphatic carbocycles. The Morgan fingerprint density at radius 1 is 1.67 bits per heavy atom. The molecular weight excluding hydrogens is 199 g/mol. The molecule has 0 radical (unpaired) electrons. The Bertz CT molecular complexity index is 383. The topological polar surface area (TPSA) is 42.4 Å². The fraction of sp³-hybridized carbons (Fsp3) is 0.400. The molecule has 1 aliphatic rings. The number of ether oxygens (including phenoxy) is 1. The molecule has 5 heteroatoms. The zero-order chi connectivity index (χ0) is 10.8. The van der Waals surface area contributed by atoms with Gasteiger partial charge in [0.25, 0.3) is 11.9 Å². The monoisotopic (exact) mass is 210 g/mol. The number of halogens is 1. The van der Waals surface area contributed by atoms with Gasteiger partial charge < -0.3 is 9.64 Å². The number of hydrogen-bond donors (Lipinski definition) is 0. The Morgan fingerprint density at radius 3 is 3.07 bits per heavy atom. The van der Waals surface area contributed by atoms with Crippen molar-refractivity contribution in [1.82, 2.24) is 9.88 Å². The first-order valence-corrected chi connectivity index (χ1v) is 4.70. The van der Waals surface area contributed by atoms with Crippen LogP contribution in [0.3, 0.4) is 0 Å². The van der Waals surface area contributed by atoms with Crippen LogP contribution in [-0.2, 0) is 4.79 Å². The third kappa shape index (κ3) is 1.91. The van der Waals surface area contributed by atoms with E-state index < -0.39 is 12.1 Å². The van der Waals surface area contributed by atoms with Crippen LogP contribution in [-0.4, -0.2) is 35.5 Å². The van der Waals surface area contributed by atoms with Crippen LogP contribution in [0, 0.1) is 5.95 Å². The Morgan fingerprint density at radius 2 is 2.47 bits per heavy atom. The van der Waals surface area contributed by atoms with E-state index in [1.165, 1.54) is 12.3 Å². The zero-order valence-corrected chi connectivity index (χ0v) is 8.31. The van der Waals surface area contributed by atoms with E-state index in [-0.39, 0.29) is 11.7 Å². The smallest absolute Gasteiger partial charge is 0.263 e. The van der Waals surface area contributed by atoms with Crippen molar-refractivity contribution in [3.8, 4) is 5.75 Å². The van der Waals surface area contributed by atoms with Crippen LogP contribution in [0.25, 0.3) is 0 Å². The average Bonchev–Trinajstić information content (AvgIpc) is 2.53. The van der Waals surface area contributed by atoms with Crippen molar-refractivity contribution in [1.29, 1.82) is 0 Å². The van der Waals surface area contributed by atoms with Gasteiger partial charge in [-0.25, -0.2) is 4.98 Å². The normalized spacial score (nSPS) is 20.8. The maximum Gasteiger partial charge on any atom is 0.263 e. The molecule has 1 unspecified atom stereocenters. The first kappa shape index (κ1) is 9.89. The van der Waals surface area contributed by atoms with E-state index >= 15 is 0 Å². The van der Waals surface area contributed by atoms with Crippen LogP contribution in [0.15, 0.2) is 18.3 Å². The number of likely N-dealkylation sites (N-methyl/N-ethyl adjacent to an activating group) is 1. The van der Waals surface area contributed by atoms with E-state index in [0.717, 1.165) is 0 Å². The highest BCUT2D eigenvalue weighted by Crippen LogP contribution is 2.19. The highest BCUT2D eigenvalue weighted by Gasteiger charge is 2.31. The van der Waals surface area contributed by atoms with Crippen LogP contribution >= 0.6 is 0 Å². The van der Waals surface area contributed by atoms with Crippen LogP contribution in [0.2, 0.25) is 0 Å². The maximum absolute atomic E-state index is 13.1. The highest BCUT2D eigenvalue weighted by molar-refractivity contribution is 5.83. The number of nitrogens with zero attached hydrogens (tertiary/aromatic N) is 2. The number of amides is 1. The van der Waals surface area contributed by atoms with Crippen molar-refractivity contribution in [2.45, 2.75) is 12.5 Å². The number of rotatable bonds is 2. The van der Waals surface area contributed by atoms with Gasteiger partial charge in [-0.05, 0) is 12.1 Å². The first-order valence-electron chi connectivity index (χ1n) is 4.70. The van der Waals surface area contributed by atoms with Crippen molar-refractivity contribution < 1.29 is 13.9 Å². The lowest BCUT2D eigenvalue weighted by molar-refractivity contribution is -0.132. The fourth-order valence-corrected chi connectivity index (χ4v) is 1.51. The minimum Gasteiger partial charge on any atom is -0.476 e. The lowest BCUT2D eigenvalue weighted by Gasteiger charge is -2.12. The summed E-state index contributed by atoms with van der Waals surface area (Å²) in [6, 6.07) is 3.04. The summed E-state index contributed by atoms with van der Waals surface area (Å²) >= 11 is 0. The number of carbonyl (C=O) groups excluding carboxylic acids is 1. The summed E-state index contributed by atoms with van der Waals surface area (Å²) < 4.78 is 18.4. The minimum atomic E-state index is -0.681. The molecule has 0 spiro atoms. The number of carbonyl (C=O) groups is 1. The molecular formula is C10H11FN2O2. The summed E-state index contributed by atoms with van der Waals surface area (Å²) in [5.41, 5.74) is 0.